The Bertz CT molecular complexity index is 840. The van der Waals surface area contributed by atoms with Gasteiger partial charge < -0.3 is 10.6 Å². The molecule has 0 saturated carbocycles. The third-order valence-electron chi connectivity index (χ3n) is 4.37. The molecule has 0 fully saturated rings. The lowest BCUT2D eigenvalue weighted by atomic mass is 10.0. The summed E-state index contributed by atoms with van der Waals surface area (Å²) in [6, 6.07) is 1.41. The number of carbonyl (C=O) groups is 1. The fourth-order valence-electron chi connectivity index (χ4n) is 3.42. The smallest absolute Gasteiger partial charge is 0.194 e. The van der Waals surface area contributed by atoms with Crippen LogP contribution in [-0.4, -0.2) is 34.2 Å². The number of Topliss-reactive ketones (excluding diaryl/α,β-unsaturated/α-hetero) is 1. The van der Waals surface area contributed by atoms with Crippen molar-refractivity contribution in [3.8, 4) is 0 Å². The zero-order valence-electron chi connectivity index (χ0n) is 16.7. The summed E-state index contributed by atoms with van der Waals surface area (Å²) in [6.45, 7) is 15.2. The Morgan fingerprint density at radius 1 is 1.35 bits per heavy atom. The summed E-state index contributed by atoms with van der Waals surface area (Å²) in [5, 5.41) is 0. The van der Waals surface area contributed by atoms with Gasteiger partial charge in [0.05, 0.1) is 10.6 Å². The van der Waals surface area contributed by atoms with E-state index in [-0.39, 0.29) is 28.0 Å². The Balaban J connectivity index is 2.93. The van der Waals surface area contributed by atoms with E-state index < -0.39 is 24.8 Å². The largest absolute Gasteiger partial charge is 0.397 e. The molecule has 26 heavy (non-hydrogen) atoms. The van der Waals surface area contributed by atoms with Crippen LogP contribution < -0.4 is 10.6 Å². The van der Waals surface area contributed by atoms with Crippen molar-refractivity contribution in [2.24, 2.45) is 5.92 Å². The maximum atomic E-state index is 13.1. The summed E-state index contributed by atoms with van der Waals surface area (Å²) in [7, 11) is -3.64. The van der Waals surface area contributed by atoms with Crippen LogP contribution in [0.15, 0.2) is 11.0 Å². The molecule has 1 aliphatic heterocycles. The van der Waals surface area contributed by atoms with E-state index in [0.29, 0.717) is 5.82 Å². The summed E-state index contributed by atoms with van der Waals surface area (Å²) >= 11 is 1.36. The van der Waals surface area contributed by atoms with Crippen LogP contribution in [0.3, 0.4) is 0 Å². The van der Waals surface area contributed by atoms with Crippen LogP contribution in [0.4, 0.5) is 11.5 Å². The molecule has 8 heteroatoms. The van der Waals surface area contributed by atoms with Gasteiger partial charge in [-0.05, 0) is 47.6 Å². The Hall–Kier alpha value is -1.28. The third kappa shape index (κ3) is 3.45. The summed E-state index contributed by atoms with van der Waals surface area (Å²) in [5.41, 5.74) is 5.88. The molecule has 1 unspecified atom stereocenters. The number of thioether (sulfide) groups is 1. The second kappa shape index (κ2) is 6.41. The highest BCUT2D eigenvalue weighted by molar-refractivity contribution is 8.14. The van der Waals surface area contributed by atoms with E-state index in [9.17, 15) is 13.2 Å². The Morgan fingerprint density at radius 2 is 1.88 bits per heavy atom. The van der Waals surface area contributed by atoms with Crippen LogP contribution in [0, 0.1) is 5.92 Å². The average Bonchev–Trinajstić information content (AvgIpc) is 2.49. The van der Waals surface area contributed by atoms with Crippen LogP contribution in [0.1, 0.15) is 65.9 Å². The third-order valence-corrected chi connectivity index (χ3v) is 8.30. The summed E-state index contributed by atoms with van der Waals surface area (Å²) < 4.78 is 25.6. The first-order valence-electron chi connectivity index (χ1n) is 8.67. The fraction of sp³-hybridized carbons (Fsp3) is 0.667. The minimum atomic E-state index is -3.64. The molecular formula is C18H29N3O3S2. The standard InChI is InChI=1S/C18H29N3O3S2/c1-10(2)15(22)14-12(19)9-13-16(20-14)21(17(4,5)6)18(7,8)25-11(3)26(13,23)24/h9-11H,19H2,1-8H3. The van der Waals surface area contributed by atoms with Gasteiger partial charge in [0.2, 0.25) is 0 Å². The van der Waals surface area contributed by atoms with Crippen molar-refractivity contribution < 1.29 is 13.2 Å². The Morgan fingerprint density at radius 3 is 2.35 bits per heavy atom. The molecule has 2 N–H and O–H groups in total. The summed E-state index contributed by atoms with van der Waals surface area (Å²) in [6.07, 6.45) is 0. The molecule has 0 saturated heterocycles. The molecule has 0 spiro atoms. The predicted octanol–water partition coefficient (Wildman–Crippen LogP) is 3.71. The van der Waals surface area contributed by atoms with Crippen molar-refractivity contribution in [2.45, 2.75) is 75.3 Å². The van der Waals surface area contributed by atoms with Gasteiger partial charge in [-0.25, -0.2) is 13.4 Å². The van der Waals surface area contributed by atoms with Crippen molar-refractivity contribution in [3.63, 3.8) is 0 Å². The Kier molecular flexibility index (Phi) is 5.18. The average molecular weight is 400 g/mol. The number of aromatic nitrogens is 1. The highest BCUT2D eigenvalue weighted by atomic mass is 32.3. The number of pyridine rings is 1. The molecular weight excluding hydrogens is 370 g/mol. The van der Waals surface area contributed by atoms with Crippen LogP contribution in [-0.2, 0) is 9.84 Å². The number of anilines is 2. The molecule has 0 aromatic carbocycles. The van der Waals surface area contributed by atoms with Gasteiger partial charge in [-0.3, -0.25) is 4.79 Å². The first kappa shape index (κ1) is 21.0. The van der Waals surface area contributed by atoms with E-state index in [1.54, 1.807) is 20.8 Å². The van der Waals surface area contributed by atoms with Crippen molar-refractivity contribution in [1.29, 1.82) is 0 Å². The first-order valence-corrected chi connectivity index (χ1v) is 11.1. The lowest BCUT2D eigenvalue weighted by Crippen LogP contribution is -2.53. The SMILES string of the molecule is CC(C)C(=O)c1nc2c(cc1N)S(=O)(=O)C(C)SC(C)(C)N2C(C)(C)C. The van der Waals surface area contributed by atoms with E-state index in [1.807, 2.05) is 39.5 Å². The molecule has 1 aliphatic rings. The zero-order chi connectivity index (χ0) is 20.2. The molecule has 1 atom stereocenters. The molecule has 0 amide bonds. The number of nitrogen functional groups attached to an aromatic ring is 1. The maximum absolute atomic E-state index is 13.1. The lowest BCUT2D eigenvalue weighted by Gasteiger charge is -2.47. The van der Waals surface area contributed by atoms with Crippen molar-refractivity contribution in [3.05, 3.63) is 11.8 Å². The molecule has 1 aromatic rings. The normalized spacial score (nSPS) is 22.0. The highest BCUT2D eigenvalue weighted by Crippen LogP contribution is 2.48. The molecule has 0 radical (unpaired) electrons. The molecule has 146 valence electrons. The molecule has 0 aliphatic carbocycles. The predicted molar refractivity (Wildman–Crippen MR) is 108 cm³/mol. The second-order valence-corrected chi connectivity index (χ2v) is 12.9. The van der Waals surface area contributed by atoms with Crippen molar-refractivity contribution in [2.75, 3.05) is 10.6 Å². The van der Waals surface area contributed by atoms with Gasteiger partial charge in [0.1, 0.15) is 21.0 Å². The van der Waals surface area contributed by atoms with E-state index in [4.69, 9.17) is 5.73 Å². The van der Waals surface area contributed by atoms with Crippen molar-refractivity contribution in [1.82, 2.24) is 4.98 Å². The molecule has 6 nitrogen and oxygen atoms in total. The lowest BCUT2D eigenvalue weighted by molar-refractivity contribution is 0.0935. The quantitative estimate of drug-likeness (QED) is 0.758. The van der Waals surface area contributed by atoms with Gasteiger partial charge in [-0.15, -0.1) is 11.8 Å². The maximum Gasteiger partial charge on any atom is 0.194 e. The minimum Gasteiger partial charge on any atom is -0.397 e. The number of carbonyl (C=O) groups excluding carboxylic acids is 1. The summed E-state index contributed by atoms with van der Waals surface area (Å²) in [4.78, 5) is 18.6. The summed E-state index contributed by atoms with van der Waals surface area (Å²) in [5.74, 6) is -0.175. The second-order valence-electron chi connectivity index (χ2n) is 8.45. The minimum absolute atomic E-state index is 0.0933. The van der Waals surface area contributed by atoms with E-state index in [0.717, 1.165) is 0 Å². The number of fused-ring (bicyclic) bond motifs is 1. The van der Waals surface area contributed by atoms with Crippen LogP contribution >= 0.6 is 11.8 Å². The van der Waals surface area contributed by atoms with Gasteiger partial charge in [-0.1, -0.05) is 13.8 Å². The van der Waals surface area contributed by atoms with Crippen LogP contribution in [0.2, 0.25) is 0 Å². The number of ketones is 1. The van der Waals surface area contributed by atoms with E-state index in [2.05, 4.69) is 4.98 Å². The van der Waals surface area contributed by atoms with Crippen LogP contribution in [0.5, 0.6) is 0 Å². The van der Waals surface area contributed by atoms with Gasteiger partial charge in [0, 0.05) is 11.5 Å². The van der Waals surface area contributed by atoms with E-state index >= 15 is 0 Å². The van der Waals surface area contributed by atoms with Gasteiger partial charge in [0.25, 0.3) is 0 Å². The molecule has 0 bridgehead atoms. The van der Waals surface area contributed by atoms with Crippen molar-refractivity contribution >= 4 is 38.9 Å². The monoisotopic (exact) mass is 399 g/mol. The number of nitrogens with two attached hydrogens (primary N) is 1. The van der Waals surface area contributed by atoms with Gasteiger partial charge in [0.15, 0.2) is 15.6 Å². The number of nitrogens with zero attached hydrogens (tertiary/aromatic N) is 2. The topological polar surface area (TPSA) is 93.4 Å². The number of hydrogen-bond acceptors (Lipinski definition) is 7. The molecule has 2 heterocycles. The number of rotatable bonds is 2. The van der Waals surface area contributed by atoms with Crippen LogP contribution in [0.25, 0.3) is 0 Å². The Labute approximate surface area is 160 Å². The molecule has 2 rings (SSSR count). The molecule has 1 aromatic heterocycles. The fourth-order valence-corrected chi connectivity index (χ4v) is 7.26. The van der Waals surface area contributed by atoms with Gasteiger partial charge in [-0.2, -0.15) is 0 Å². The number of sulfone groups is 1. The highest BCUT2D eigenvalue weighted by Gasteiger charge is 2.47. The first-order chi connectivity index (χ1) is 11.6. The zero-order valence-corrected chi connectivity index (χ0v) is 18.4. The number of hydrogen-bond donors (Lipinski definition) is 1. The van der Waals surface area contributed by atoms with Gasteiger partial charge >= 0.3 is 0 Å². The van der Waals surface area contributed by atoms with E-state index in [1.165, 1.54) is 17.8 Å².